The number of benzene rings is 1. The van der Waals surface area contributed by atoms with Crippen molar-refractivity contribution in [1.29, 1.82) is 0 Å². The molecule has 0 amide bonds. The van der Waals surface area contributed by atoms with Crippen LogP contribution in [0.15, 0.2) is 41.3 Å². The Bertz CT molecular complexity index is 1170. The SMILES string of the molecule is O=S(=O)(c1ccc(C(F)(F)F)cc1Cl)C1NCCN2CC(Oc3cccc(C(F)(F)F)n3)CC12. The number of hydrogen-bond donors (Lipinski definition) is 1. The van der Waals surface area contributed by atoms with Crippen LogP contribution in [-0.4, -0.2) is 55.5 Å². The van der Waals surface area contributed by atoms with Crippen LogP contribution in [0.25, 0.3) is 0 Å². The molecule has 1 N–H and O–H groups in total. The van der Waals surface area contributed by atoms with Crippen LogP contribution < -0.4 is 10.1 Å². The molecule has 2 aliphatic rings. The van der Waals surface area contributed by atoms with E-state index in [1.807, 2.05) is 4.90 Å². The minimum Gasteiger partial charge on any atom is -0.473 e. The Morgan fingerprint density at radius 2 is 1.82 bits per heavy atom. The molecule has 3 atom stereocenters. The zero-order valence-electron chi connectivity index (χ0n) is 17.2. The van der Waals surface area contributed by atoms with E-state index in [0.29, 0.717) is 18.7 Å². The second-order valence-corrected chi connectivity index (χ2v) is 10.4. The quantitative estimate of drug-likeness (QED) is 0.604. The van der Waals surface area contributed by atoms with Crippen LogP contribution in [0.5, 0.6) is 5.88 Å². The van der Waals surface area contributed by atoms with Crippen molar-refractivity contribution in [2.45, 2.75) is 41.2 Å². The molecule has 2 aliphatic heterocycles. The third kappa shape index (κ3) is 4.97. The fourth-order valence-electron chi connectivity index (χ4n) is 4.20. The van der Waals surface area contributed by atoms with Gasteiger partial charge < -0.3 is 4.74 Å². The lowest BCUT2D eigenvalue weighted by molar-refractivity contribution is -0.141. The van der Waals surface area contributed by atoms with E-state index in [2.05, 4.69) is 10.3 Å². The number of rotatable bonds is 4. The Hall–Kier alpha value is -2.09. The topological polar surface area (TPSA) is 71.5 Å². The molecular formula is C20H18ClF6N3O3S. The van der Waals surface area contributed by atoms with Crippen LogP contribution in [0.4, 0.5) is 26.3 Å². The molecule has 0 spiro atoms. The molecule has 34 heavy (non-hydrogen) atoms. The Labute approximate surface area is 195 Å². The third-order valence-corrected chi connectivity index (χ3v) is 8.25. The second kappa shape index (κ2) is 8.85. The molecule has 186 valence electrons. The van der Waals surface area contributed by atoms with Crippen LogP contribution in [0.3, 0.4) is 0 Å². The molecule has 0 radical (unpaired) electrons. The number of alkyl halides is 6. The van der Waals surface area contributed by atoms with Gasteiger partial charge in [-0.25, -0.2) is 13.4 Å². The molecule has 0 saturated carbocycles. The minimum absolute atomic E-state index is 0.146. The minimum atomic E-state index is -4.68. The Morgan fingerprint density at radius 1 is 1.09 bits per heavy atom. The van der Waals surface area contributed by atoms with Crippen LogP contribution in [0, 0.1) is 0 Å². The number of ether oxygens (including phenoxy) is 1. The highest BCUT2D eigenvalue weighted by molar-refractivity contribution is 7.92. The van der Waals surface area contributed by atoms with Gasteiger partial charge in [0.25, 0.3) is 0 Å². The van der Waals surface area contributed by atoms with E-state index in [1.54, 1.807) is 0 Å². The summed E-state index contributed by atoms with van der Waals surface area (Å²) in [4.78, 5) is 4.85. The maximum atomic E-state index is 13.3. The number of halogens is 7. The molecule has 14 heteroatoms. The lowest BCUT2D eigenvalue weighted by atomic mass is 10.1. The summed E-state index contributed by atoms with van der Waals surface area (Å²) in [6, 6.07) is 4.67. The normalized spacial score (nSPS) is 24.1. The van der Waals surface area contributed by atoms with Gasteiger partial charge in [-0.15, -0.1) is 0 Å². The number of nitrogens with zero attached hydrogens (tertiary/aromatic N) is 2. The average Bonchev–Trinajstić information content (AvgIpc) is 3.14. The van der Waals surface area contributed by atoms with Crippen molar-refractivity contribution in [3.05, 3.63) is 52.7 Å². The highest BCUT2D eigenvalue weighted by Gasteiger charge is 2.47. The van der Waals surface area contributed by atoms with Gasteiger partial charge in [0, 0.05) is 38.2 Å². The molecule has 2 saturated heterocycles. The van der Waals surface area contributed by atoms with Crippen LogP contribution in [-0.2, 0) is 22.2 Å². The van der Waals surface area contributed by atoms with E-state index < -0.39 is 60.9 Å². The number of fused-ring (bicyclic) bond motifs is 1. The van der Waals surface area contributed by atoms with Crippen molar-refractivity contribution in [2.75, 3.05) is 19.6 Å². The van der Waals surface area contributed by atoms with Crippen molar-refractivity contribution < 1.29 is 39.5 Å². The summed E-state index contributed by atoms with van der Waals surface area (Å²) in [5.41, 5.74) is -2.18. The summed E-state index contributed by atoms with van der Waals surface area (Å²) in [5, 5.41) is 1.14. The van der Waals surface area contributed by atoms with Crippen molar-refractivity contribution in [3.8, 4) is 5.88 Å². The van der Waals surface area contributed by atoms with Crippen molar-refractivity contribution >= 4 is 21.4 Å². The van der Waals surface area contributed by atoms with Crippen LogP contribution in [0.2, 0.25) is 5.02 Å². The first-order valence-electron chi connectivity index (χ1n) is 10.1. The standard InChI is InChI=1S/C20H18ClF6N3O3S/c21-13-8-11(19(22,23)24)4-5-15(13)34(31,32)18-14-9-12(10-30(14)7-6-28-18)33-17-3-1-2-16(29-17)20(25,26)27/h1-5,8,12,14,18,28H,6-7,9-10H2. The Morgan fingerprint density at radius 3 is 2.47 bits per heavy atom. The molecular weight excluding hydrogens is 512 g/mol. The zero-order valence-corrected chi connectivity index (χ0v) is 18.8. The predicted octanol–water partition coefficient (Wildman–Crippen LogP) is 4.00. The van der Waals surface area contributed by atoms with E-state index in [4.69, 9.17) is 16.3 Å². The average molecular weight is 530 g/mol. The van der Waals surface area contributed by atoms with Crippen molar-refractivity contribution in [3.63, 3.8) is 0 Å². The van der Waals surface area contributed by atoms with Crippen molar-refractivity contribution in [2.24, 2.45) is 0 Å². The molecule has 3 heterocycles. The number of piperazine rings is 1. The Kier molecular flexibility index (Phi) is 6.51. The lowest BCUT2D eigenvalue weighted by Gasteiger charge is -2.36. The summed E-state index contributed by atoms with van der Waals surface area (Å²) < 4.78 is 110. The molecule has 2 aromatic rings. The zero-order chi connectivity index (χ0) is 24.9. The number of pyridine rings is 1. The Balaban J connectivity index is 1.55. The number of hydrogen-bond acceptors (Lipinski definition) is 6. The fourth-order valence-corrected chi connectivity index (χ4v) is 6.60. The summed E-state index contributed by atoms with van der Waals surface area (Å²) in [6.07, 6.45) is -9.82. The van der Waals surface area contributed by atoms with Crippen LogP contribution in [0.1, 0.15) is 17.7 Å². The molecule has 0 aliphatic carbocycles. The summed E-state index contributed by atoms with van der Waals surface area (Å²) in [5.74, 6) is -0.238. The molecule has 1 aromatic heterocycles. The molecule has 4 rings (SSSR count). The smallest absolute Gasteiger partial charge is 0.433 e. The third-order valence-electron chi connectivity index (χ3n) is 5.71. The fraction of sp³-hybridized carbons (Fsp3) is 0.450. The maximum absolute atomic E-state index is 13.3. The number of aromatic nitrogens is 1. The monoisotopic (exact) mass is 529 g/mol. The lowest BCUT2D eigenvalue weighted by Crippen LogP contribution is -2.58. The van der Waals surface area contributed by atoms with Gasteiger partial charge >= 0.3 is 12.4 Å². The van der Waals surface area contributed by atoms with Gasteiger partial charge in [-0.3, -0.25) is 10.2 Å². The second-order valence-electron chi connectivity index (χ2n) is 7.96. The highest BCUT2D eigenvalue weighted by Crippen LogP contribution is 2.37. The summed E-state index contributed by atoms with van der Waals surface area (Å²) in [7, 11) is -4.20. The van der Waals surface area contributed by atoms with E-state index in [-0.39, 0.29) is 25.4 Å². The highest BCUT2D eigenvalue weighted by atomic mass is 35.5. The molecule has 1 aromatic carbocycles. The largest absolute Gasteiger partial charge is 0.473 e. The van der Waals surface area contributed by atoms with E-state index in [1.165, 1.54) is 6.07 Å². The van der Waals surface area contributed by atoms with Gasteiger partial charge in [-0.05, 0) is 24.3 Å². The number of sulfone groups is 1. The van der Waals surface area contributed by atoms with E-state index >= 15 is 0 Å². The van der Waals surface area contributed by atoms with Gasteiger partial charge in [-0.1, -0.05) is 17.7 Å². The van der Waals surface area contributed by atoms with E-state index in [9.17, 15) is 34.8 Å². The first kappa shape index (κ1) is 25.0. The maximum Gasteiger partial charge on any atom is 0.433 e. The van der Waals surface area contributed by atoms with Gasteiger partial charge in [-0.2, -0.15) is 26.3 Å². The molecule has 3 unspecified atom stereocenters. The molecule has 6 nitrogen and oxygen atoms in total. The van der Waals surface area contributed by atoms with Gasteiger partial charge in [0.1, 0.15) is 17.2 Å². The van der Waals surface area contributed by atoms with Gasteiger partial charge in [0.2, 0.25) is 5.88 Å². The first-order chi connectivity index (χ1) is 15.8. The summed E-state index contributed by atoms with van der Waals surface area (Å²) >= 11 is 5.92. The van der Waals surface area contributed by atoms with Gasteiger partial charge in [0.15, 0.2) is 9.84 Å². The summed E-state index contributed by atoms with van der Waals surface area (Å²) in [6.45, 7) is 0.970. The van der Waals surface area contributed by atoms with E-state index in [0.717, 1.165) is 18.2 Å². The number of nitrogens with one attached hydrogen (secondary N) is 1. The first-order valence-corrected chi connectivity index (χ1v) is 12.0. The van der Waals surface area contributed by atoms with Gasteiger partial charge in [0.05, 0.1) is 15.5 Å². The van der Waals surface area contributed by atoms with Crippen LogP contribution >= 0.6 is 11.6 Å². The molecule has 0 bridgehead atoms. The predicted molar refractivity (Wildman–Crippen MR) is 109 cm³/mol. The molecule has 2 fully saturated rings. The van der Waals surface area contributed by atoms with Crippen molar-refractivity contribution in [1.82, 2.24) is 15.2 Å².